The van der Waals surface area contributed by atoms with E-state index in [0.717, 1.165) is 34.6 Å². The summed E-state index contributed by atoms with van der Waals surface area (Å²) in [6.45, 7) is 0. The summed E-state index contributed by atoms with van der Waals surface area (Å²) in [7, 11) is -2.57. The molecule has 150 valence electrons. The zero-order chi connectivity index (χ0) is 20.9. The average Bonchev–Trinajstić information content (AvgIpc) is 3.04. The fourth-order valence-electron chi connectivity index (χ4n) is 2.82. The standard InChI is InChI=1S/C16H14ClF3N4O3S/c1-22-13(25)8-7-12-21-9-14(24(12)22)28(26,27)23(2)15(16(18,19)20)10-3-5-11(17)6-4-10/h3-9,15H,1-2H3. The predicted octanol–water partition coefficient (Wildman–Crippen LogP) is 2.61. The lowest BCUT2D eigenvalue weighted by atomic mass is 10.1. The van der Waals surface area contributed by atoms with Gasteiger partial charge in [-0.25, -0.2) is 22.6 Å². The topological polar surface area (TPSA) is 76.7 Å². The van der Waals surface area contributed by atoms with Gasteiger partial charge in [-0.2, -0.15) is 17.5 Å². The van der Waals surface area contributed by atoms with Crippen LogP contribution in [-0.4, -0.2) is 40.1 Å². The number of aromatic nitrogens is 3. The van der Waals surface area contributed by atoms with Crippen molar-refractivity contribution < 1.29 is 21.6 Å². The van der Waals surface area contributed by atoms with Crippen LogP contribution in [-0.2, 0) is 17.1 Å². The second-order valence-corrected chi connectivity index (χ2v) is 8.36. The average molecular weight is 435 g/mol. The first-order valence-corrected chi connectivity index (χ1v) is 9.60. The van der Waals surface area contributed by atoms with E-state index in [1.54, 1.807) is 0 Å². The van der Waals surface area contributed by atoms with Crippen LogP contribution < -0.4 is 5.56 Å². The van der Waals surface area contributed by atoms with Crippen molar-refractivity contribution in [2.24, 2.45) is 7.05 Å². The fourth-order valence-corrected chi connectivity index (χ4v) is 4.38. The Hall–Kier alpha value is -2.37. The summed E-state index contributed by atoms with van der Waals surface area (Å²) in [5, 5.41) is -0.347. The molecule has 1 atom stereocenters. The molecule has 1 unspecified atom stereocenters. The highest BCUT2D eigenvalue weighted by Gasteiger charge is 2.48. The second kappa shape index (κ2) is 6.90. The molecule has 0 bridgehead atoms. The smallest absolute Gasteiger partial charge is 0.268 e. The van der Waals surface area contributed by atoms with Gasteiger partial charge >= 0.3 is 6.18 Å². The lowest BCUT2D eigenvalue weighted by Gasteiger charge is -2.29. The Morgan fingerprint density at radius 3 is 2.32 bits per heavy atom. The van der Waals surface area contributed by atoms with Gasteiger partial charge in [-0.15, -0.1) is 0 Å². The van der Waals surface area contributed by atoms with Crippen LogP contribution in [0.25, 0.3) is 5.65 Å². The Bertz CT molecular complexity index is 1190. The van der Waals surface area contributed by atoms with Crippen LogP contribution in [0.1, 0.15) is 11.6 Å². The number of fused-ring (bicyclic) bond motifs is 1. The summed E-state index contributed by atoms with van der Waals surface area (Å²) in [5.41, 5.74) is -0.746. The fraction of sp³-hybridized carbons (Fsp3) is 0.250. The third-order valence-corrected chi connectivity index (χ3v) is 6.26. The highest BCUT2D eigenvalue weighted by Crippen LogP contribution is 2.39. The zero-order valence-electron chi connectivity index (χ0n) is 14.6. The van der Waals surface area contributed by atoms with Crippen molar-refractivity contribution in [2.45, 2.75) is 17.2 Å². The van der Waals surface area contributed by atoms with Crippen LogP contribution in [0.15, 0.2) is 52.4 Å². The summed E-state index contributed by atoms with van der Waals surface area (Å²) < 4.78 is 69.5. The molecule has 7 nitrogen and oxygen atoms in total. The van der Waals surface area contributed by atoms with Gasteiger partial charge in [0.15, 0.2) is 10.7 Å². The SMILES string of the molecule is CN(C(c1ccc(Cl)cc1)C(F)(F)F)S(=O)(=O)c1cnc2ccc(=O)n(C)n12. The second-order valence-electron chi connectivity index (χ2n) is 5.98. The Kier molecular flexibility index (Phi) is 5.02. The van der Waals surface area contributed by atoms with E-state index in [1.807, 2.05) is 0 Å². The van der Waals surface area contributed by atoms with Crippen LogP contribution in [0.5, 0.6) is 0 Å². The highest BCUT2D eigenvalue weighted by atomic mass is 35.5. The number of nitrogens with zero attached hydrogens (tertiary/aromatic N) is 4. The van der Waals surface area contributed by atoms with Crippen molar-refractivity contribution in [3.05, 3.63) is 63.5 Å². The number of hydrogen-bond donors (Lipinski definition) is 0. The largest absolute Gasteiger partial charge is 0.409 e. The minimum Gasteiger partial charge on any atom is -0.268 e. The Morgan fingerprint density at radius 1 is 1.14 bits per heavy atom. The van der Waals surface area contributed by atoms with Gasteiger partial charge < -0.3 is 0 Å². The van der Waals surface area contributed by atoms with Gasteiger partial charge in [0, 0.05) is 25.2 Å². The first-order valence-electron chi connectivity index (χ1n) is 7.78. The van der Waals surface area contributed by atoms with Crippen molar-refractivity contribution in [1.29, 1.82) is 0 Å². The molecule has 28 heavy (non-hydrogen) atoms. The number of imidazole rings is 1. The Labute approximate surface area is 162 Å². The molecule has 0 radical (unpaired) electrons. The minimum atomic E-state index is -4.90. The molecule has 0 saturated heterocycles. The van der Waals surface area contributed by atoms with E-state index in [4.69, 9.17) is 11.6 Å². The molecular weight excluding hydrogens is 421 g/mol. The molecular formula is C16H14ClF3N4O3S. The molecule has 3 rings (SSSR count). The van der Waals surface area contributed by atoms with Gasteiger partial charge in [0.25, 0.3) is 15.6 Å². The Balaban J connectivity index is 2.18. The molecule has 0 amide bonds. The quantitative estimate of drug-likeness (QED) is 0.632. The molecule has 0 N–H and O–H groups in total. The lowest BCUT2D eigenvalue weighted by molar-refractivity contribution is -0.171. The number of rotatable bonds is 4. The molecule has 0 spiro atoms. The molecule has 0 aliphatic carbocycles. The van der Waals surface area contributed by atoms with E-state index in [2.05, 4.69) is 4.98 Å². The van der Waals surface area contributed by atoms with Crippen LogP contribution in [0.2, 0.25) is 5.02 Å². The van der Waals surface area contributed by atoms with E-state index in [9.17, 15) is 26.4 Å². The number of alkyl halides is 3. The summed E-state index contributed by atoms with van der Waals surface area (Å²) in [6, 6.07) is 4.70. The first kappa shape index (κ1) is 20.4. The molecule has 12 heteroatoms. The maximum atomic E-state index is 13.8. The van der Waals surface area contributed by atoms with Gasteiger partial charge in [0.2, 0.25) is 0 Å². The molecule has 0 fully saturated rings. The number of sulfonamides is 1. The molecule has 0 aliphatic rings. The normalized spacial score (nSPS) is 14.0. The van der Waals surface area contributed by atoms with E-state index >= 15 is 0 Å². The van der Waals surface area contributed by atoms with E-state index in [0.29, 0.717) is 0 Å². The zero-order valence-corrected chi connectivity index (χ0v) is 16.1. The Morgan fingerprint density at radius 2 is 1.75 bits per heavy atom. The van der Waals surface area contributed by atoms with Crippen LogP contribution in [0.4, 0.5) is 13.2 Å². The molecule has 3 aromatic rings. The minimum absolute atomic E-state index is 0.101. The molecule has 2 aromatic heterocycles. The summed E-state index contributed by atoms with van der Waals surface area (Å²) in [4.78, 5) is 15.7. The molecule has 1 aromatic carbocycles. The monoisotopic (exact) mass is 434 g/mol. The summed E-state index contributed by atoms with van der Waals surface area (Å²) in [5.74, 6) is 0. The van der Waals surface area contributed by atoms with E-state index in [-0.39, 0.29) is 20.5 Å². The first-order chi connectivity index (χ1) is 12.9. The van der Waals surface area contributed by atoms with Crippen molar-refractivity contribution in [1.82, 2.24) is 18.5 Å². The third kappa shape index (κ3) is 3.40. The van der Waals surface area contributed by atoms with Gasteiger partial charge in [-0.3, -0.25) is 4.79 Å². The van der Waals surface area contributed by atoms with Gasteiger partial charge in [-0.05, 0) is 23.8 Å². The molecule has 2 heterocycles. The molecule has 0 saturated carbocycles. The predicted molar refractivity (Wildman–Crippen MR) is 95.6 cm³/mol. The maximum Gasteiger partial charge on any atom is 0.409 e. The van der Waals surface area contributed by atoms with Crippen molar-refractivity contribution in [3.63, 3.8) is 0 Å². The lowest BCUT2D eigenvalue weighted by Crippen LogP contribution is -2.40. The van der Waals surface area contributed by atoms with Crippen molar-refractivity contribution in [3.8, 4) is 0 Å². The van der Waals surface area contributed by atoms with E-state index < -0.39 is 32.8 Å². The summed E-state index contributed by atoms with van der Waals surface area (Å²) in [6.07, 6.45) is -3.99. The van der Waals surface area contributed by atoms with Crippen molar-refractivity contribution in [2.75, 3.05) is 7.05 Å². The van der Waals surface area contributed by atoms with Crippen LogP contribution in [0, 0.1) is 0 Å². The van der Waals surface area contributed by atoms with Crippen molar-refractivity contribution >= 4 is 27.3 Å². The number of halogens is 4. The maximum absolute atomic E-state index is 13.8. The molecule has 0 aliphatic heterocycles. The number of hydrogen-bond acceptors (Lipinski definition) is 4. The third-order valence-electron chi connectivity index (χ3n) is 4.23. The number of benzene rings is 1. The van der Waals surface area contributed by atoms with Gasteiger partial charge in [-0.1, -0.05) is 23.7 Å². The van der Waals surface area contributed by atoms with Crippen LogP contribution in [0.3, 0.4) is 0 Å². The summed E-state index contributed by atoms with van der Waals surface area (Å²) >= 11 is 5.72. The van der Waals surface area contributed by atoms with E-state index in [1.165, 1.54) is 31.3 Å². The van der Waals surface area contributed by atoms with Gasteiger partial charge in [0.05, 0.1) is 6.20 Å². The highest BCUT2D eigenvalue weighted by molar-refractivity contribution is 7.89. The van der Waals surface area contributed by atoms with Gasteiger partial charge in [0.1, 0.15) is 6.04 Å². The number of aryl methyl sites for hydroxylation is 1. The van der Waals surface area contributed by atoms with Crippen LogP contribution >= 0.6 is 11.6 Å².